The highest BCUT2D eigenvalue weighted by Gasteiger charge is 2.17. The van der Waals surface area contributed by atoms with E-state index in [0.29, 0.717) is 12.0 Å². The highest BCUT2D eigenvalue weighted by Crippen LogP contribution is 2.09. The summed E-state index contributed by atoms with van der Waals surface area (Å²) in [5.41, 5.74) is 0. The van der Waals surface area contributed by atoms with E-state index in [2.05, 4.69) is 64.0 Å². The summed E-state index contributed by atoms with van der Waals surface area (Å²) in [6.45, 7) is 13.8. The van der Waals surface area contributed by atoms with Gasteiger partial charge >= 0.3 is 0 Å². The molecular formula is C15H35N3. The monoisotopic (exact) mass is 257 g/mol. The van der Waals surface area contributed by atoms with Crippen LogP contribution in [-0.2, 0) is 0 Å². The Morgan fingerprint density at radius 3 is 1.94 bits per heavy atom. The fourth-order valence-corrected chi connectivity index (χ4v) is 2.22. The highest BCUT2D eigenvalue weighted by atomic mass is 15.2. The summed E-state index contributed by atoms with van der Waals surface area (Å²) in [4.78, 5) is 4.77. The summed E-state index contributed by atoms with van der Waals surface area (Å²) >= 11 is 0. The van der Waals surface area contributed by atoms with E-state index in [1.54, 1.807) is 0 Å². The first-order valence-corrected chi connectivity index (χ1v) is 7.40. The predicted molar refractivity (Wildman–Crippen MR) is 82.1 cm³/mol. The molecule has 110 valence electrons. The molecule has 1 atom stereocenters. The summed E-state index contributed by atoms with van der Waals surface area (Å²) in [5.74, 6) is 1.44. The average Bonchev–Trinajstić information content (AvgIpc) is 2.22. The standard InChI is InChI=1S/C15H35N3/c1-13(2)11-16-12-15(14(3)4)18(7)10-8-9-17(5)6/h13-16H,8-12H2,1-7H3. The Morgan fingerprint density at radius 1 is 0.889 bits per heavy atom. The molecule has 1 unspecified atom stereocenters. The molecule has 0 aliphatic carbocycles. The lowest BCUT2D eigenvalue weighted by atomic mass is 10.0. The van der Waals surface area contributed by atoms with E-state index in [1.165, 1.54) is 19.5 Å². The molecule has 3 nitrogen and oxygen atoms in total. The molecule has 0 aromatic carbocycles. The normalized spacial score (nSPS) is 14.2. The van der Waals surface area contributed by atoms with Gasteiger partial charge in [0.2, 0.25) is 0 Å². The van der Waals surface area contributed by atoms with E-state index in [0.717, 1.165) is 19.0 Å². The van der Waals surface area contributed by atoms with Crippen LogP contribution in [0.3, 0.4) is 0 Å². The molecule has 0 saturated carbocycles. The van der Waals surface area contributed by atoms with Gasteiger partial charge in [-0.05, 0) is 59.0 Å². The molecule has 0 aliphatic rings. The number of nitrogens with zero attached hydrogens (tertiary/aromatic N) is 2. The van der Waals surface area contributed by atoms with Crippen molar-refractivity contribution in [2.75, 3.05) is 47.3 Å². The van der Waals surface area contributed by atoms with E-state index >= 15 is 0 Å². The summed E-state index contributed by atoms with van der Waals surface area (Å²) in [7, 11) is 6.55. The number of rotatable bonds is 10. The van der Waals surface area contributed by atoms with Gasteiger partial charge in [-0.25, -0.2) is 0 Å². The summed E-state index contributed by atoms with van der Waals surface area (Å²) in [6, 6.07) is 0.644. The SMILES string of the molecule is CC(C)CNCC(C(C)C)N(C)CCCN(C)C. The van der Waals surface area contributed by atoms with Crippen molar-refractivity contribution >= 4 is 0 Å². The molecule has 0 aromatic rings. The lowest BCUT2D eigenvalue weighted by Gasteiger charge is -2.32. The molecule has 0 saturated heterocycles. The first kappa shape index (κ1) is 17.9. The van der Waals surface area contributed by atoms with E-state index in [9.17, 15) is 0 Å². The van der Waals surface area contributed by atoms with E-state index in [4.69, 9.17) is 0 Å². The third kappa shape index (κ3) is 8.90. The molecule has 0 fully saturated rings. The Labute approximate surface area is 115 Å². The molecule has 0 aliphatic heterocycles. The van der Waals surface area contributed by atoms with E-state index in [1.807, 2.05) is 0 Å². The second-order valence-electron chi connectivity index (χ2n) is 6.50. The lowest BCUT2D eigenvalue weighted by Crippen LogP contribution is -2.45. The minimum Gasteiger partial charge on any atom is -0.315 e. The van der Waals surface area contributed by atoms with Gasteiger partial charge in [0.15, 0.2) is 0 Å². The van der Waals surface area contributed by atoms with E-state index < -0.39 is 0 Å². The number of nitrogens with one attached hydrogen (secondary N) is 1. The summed E-state index contributed by atoms with van der Waals surface area (Å²) < 4.78 is 0. The average molecular weight is 257 g/mol. The van der Waals surface area contributed by atoms with E-state index in [-0.39, 0.29) is 0 Å². The third-order valence-electron chi connectivity index (χ3n) is 3.36. The van der Waals surface area contributed by atoms with Crippen LogP contribution >= 0.6 is 0 Å². The molecule has 0 amide bonds. The number of hydrogen-bond donors (Lipinski definition) is 1. The zero-order valence-corrected chi connectivity index (χ0v) is 13.7. The van der Waals surface area contributed by atoms with Gasteiger partial charge < -0.3 is 15.1 Å². The van der Waals surface area contributed by atoms with Gasteiger partial charge in [-0.15, -0.1) is 0 Å². The zero-order chi connectivity index (χ0) is 14.1. The van der Waals surface area contributed by atoms with Crippen molar-refractivity contribution in [3.05, 3.63) is 0 Å². The van der Waals surface area contributed by atoms with Crippen LogP contribution in [0.25, 0.3) is 0 Å². The summed E-state index contributed by atoms with van der Waals surface area (Å²) in [6.07, 6.45) is 1.25. The maximum Gasteiger partial charge on any atom is 0.0240 e. The van der Waals surface area contributed by atoms with Gasteiger partial charge in [-0.1, -0.05) is 27.7 Å². The Hall–Kier alpha value is -0.120. The Morgan fingerprint density at radius 2 is 1.50 bits per heavy atom. The van der Waals surface area contributed by atoms with Gasteiger partial charge in [0.1, 0.15) is 0 Å². The molecule has 0 bridgehead atoms. The van der Waals surface area contributed by atoms with Crippen molar-refractivity contribution < 1.29 is 0 Å². The van der Waals surface area contributed by atoms with Crippen LogP contribution in [0.5, 0.6) is 0 Å². The smallest absolute Gasteiger partial charge is 0.0240 e. The van der Waals surface area contributed by atoms with Crippen LogP contribution in [-0.4, -0.2) is 63.2 Å². The second-order valence-corrected chi connectivity index (χ2v) is 6.50. The van der Waals surface area contributed by atoms with Crippen molar-refractivity contribution in [3.8, 4) is 0 Å². The van der Waals surface area contributed by atoms with Crippen molar-refractivity contribution in [3.63, 3.8) is 0 Å². The molecule has 3 heteroatoms. The molecule has 1 N–H and O–H groups in total. The molecular weight excluding hydrogens is 222 g/mol. The number of hydrogen-bond acceptors (Lipinski definition) is 3. The van der Waals surface area contributed by atoms with Gasteiger partial charge in [0, 0.05) is 12.6 Å². The molecule has 0 radical (unpaired) electrons. The maximum absolute atomic E-state index is 3.59. The maximum atomic E-state index is 3.59. The molecule has 0 spiro atoms. The van der Waals surface area contributed by atoms with Crippen LogP contribution in [0, 0.1) is 11.8 Å². The van der Waals surface area contributed by atoms with Gasteiger partial charge in [-0.3, -0.25) is 0 Å². The fourth-order valence-electron chi connectivity index (χ4n) is 2.22. The zero-order valence-electron chi connectivity index (χ0n) is 13.7. The molecule has 18 heavy (non-hydrogen) atoms. The Kier molecular flexibility index (Phi) is 9.70. The van der Waals surface area contributed by atoms with Crippen molar-refractivity contribution in [2.24, 2.45) is 11.8 Å². The quantitative estimate of drug-likeness (QED) is 0.647. The lowest BCUT2D eigenvalue weighted by molar-refractivity contribution is 0.178. The Balaban J connectivity index is 3.99. The minimum absolute atomic E-state index is 0.644. The summed E-state index contributed by atoms with van der Waals surface area (Å²) in [5, 5.41) is 3.59. The van der Waals surface area contributed by atoms with Crippen LogP contribution in [0.15, 0.2) is 0 Å². The van der Waals surface area contributed by atoms with Gasteiger partial charge in [-0.2, -0.15) is 0 Å². The van der Waals surface area contributed by atoms with Gasteiger partial charge in [0.05, 0.1) is 0 Å². The number of likely N-dealkylation sites (N-methyl/N-ethyl adjacent to an activating group) is 1. The fraction of sp³-hybridized carbons (Fsp3) is 1.00. The molecule has 0 aromatic heterocycles. The van der Waals surface area contributed by atoms with Crippen molar-refractivity contribution in [2.45, 2.75) is 40.2 Å². The van der Waals surface area contributed by atoms with Crippen LogP contribution in [0.4, 0.5) is 0 Å². The first-order chi connectivity index (χ1) is 8.34. The first-order valence-electron chi connectivity index (χ1n) is 7.40. The van der Waals surface area contributed by atoms with Gasteiger partial charge in [0.25, 0.3) is 0 Å². The third-order valence-corrected chi connectivity index (χ3v) is 3.36. The largest absolute Gasteiger partial charge is 0.315 e. The molecule has 0 rings (SSSR count). The van der Waals surface area contributed by atoms with Crippen molar-refractivity contribution in [1.29, 1.82) is 0 Å². The minimum atomic E-state index is 0.644. The second kappa shape index (κ2) is 9.76. The van der Waals surface area contributed by atoms with Crippen LogP contribution in [0.1, 0.15) is 34.1 Å². The van der Waals surface area contributed by atoms with Crippen LogP contribution < -0.4 is 5.32 Å². The predicted octanol–water partition coefficient (Wildman–Crippen LogP) is 2.14. The Bertz CT molecular complexity index is 190. The van der Waals surface area contributed by atoms with Crippen LogP contribution in [0.2, 0.25) is 0 Å². The molecule has 0 heterocycles. The highest BCUT2D eigenvalue weighted by molar-refractivity contribution is 4.75. The topological polar surface area (TPSA) is 18.5 Å². The van der Waals surface area contributed by atoms with Crippen molar-refractivity contribution in [1.82, 2.24) is 15.1 Å².